The third-order valence-electron chi connectivity index (χ3n) is 2.96. The van der Waals surface area contributed by atoms with Crippen molar-refractivity contribution in [3.8, 4) is 0 Å². The fourth-order valence-electron chi connectivity index (χ4n) is 1.92. The summed E-state index contributed by atoms with van der Waals surface area (Å²) in [6.45, 7) is 0.541. The van der Waals surface area contributed by atoms with E-state index < -0.39 is 0 Å². The number of rotatable bonds is 4. The Balaban J connectivity index is 2.25. The van der Waals surface area contributed by atoms with E-state index in [9.17, 15) is 0 Å². The molecule has 0 fully saturated rings. The molecule has 0 aromatic heterocycles. The van der Waals surface area contributed by atoms with Gasteiger partial charge in [0.2, 0.25) is 0 Å². The highest BCUT2D eigenvalue weighted by Crippen LogP contribution is 2.30. The van der Waals surface area contributed by atoms with E-state index in [1.807, 2.05) is 55.4 Å². The maximum absolute atomic E-state index is 6.17. The van der Waals surface area contributed by atoms with E-state index in [-0.39, 0.29) is 0 Å². The van der Waals surface area contributed by atoms with Gasteiger partial charge in [0.05, 0.1) is 11.4 Å². The average Bonchev–Trinajstić information content (AvgIpc) is 2.37. The van der Waals surface area contributed by atoms with Crippen molar-refractivity contribution in [2.75, 3.05) is 24.3 Å². The Hall–Kier alpha value is -1.09. The zero-order chi connectivity index (χ0) is 14.7. The average molecular weight is 330 g/mol. The molecule has 0 heterocycles. The minimum atomic E-state index is 0.541. The van der Waals surface area contributed by atoms with E-state index >= 15 is 0 Å². The van der Waals surface area contributed by atoms with Crippen LogP contribution in [-0.2, 0) is 6.54 Å². The molecule has 0 unspecified atom stereocenters. The molecule has 5 heteroatoms. The van der Waals surface area contributed by atoms with E-state index in [1.54, 1.807) is 0 Å². The van der Waals surface area contributed by atoms with Gasteiger partial charge in [-0.2, -0.15) is 0 Å². The Bertz CT molecular complexity index is 592. The summed E-state index contributed by atoms with van der Waals surface area (Å²) < 4.78 is 0. The first-order valence-corrected chi connectivity index (χ1v) is 7.26. The van der Waals surface area contributed by atoms with Crippen molar-refractivity contribution in [3.05, 3.63) is 57.0 Å². The number of hydrogen-bond donors (Lipinski definition) is 1. The van der Waals surface area contributed by atoms with Gasteiger partial charge in [0.1, 0.15) is 0 Å². The summed E-state index contributed by atoms with van der Waals surface area (Å²) in [5, 5.41) is 5.32. The molecule has 2 aromatic rings. The van der Waals surface area contributed by atoms with Gasteiger partial charge in [-0.1, -0.05) is 40.9 Å². The maximum Gasteiger partial charge on any atom is 0.0597 e. The van der Waals surface area contributed by atoms with Crippen molar-refractivity contribution in [2.45, 2.75) is 6.54 Å². The highest BCUT2D eigenvalue weighted by atomic mass is 35.5. The quantitative estimate of drug-likeness (QED) is 0.816. The van der Waals surface area contributed by atoms with Crippen molar-refractivity contribution in [1.29, 1.82) is 0 Å². The van der Waals surface area contributed by atoms with Crippen molar-refractivity contribution < 1.29 is 0 Å². The number of hydrogen-bond acceptors (Lipinski definition) is 2. The molecule has 0 radical (unpaired) electrons. The molecular weight excluding hydrogens is 315 g/mol. The van der Waals surface area contributed by atoms with Gasteiger partial charge in [-0.3, -0.25) is 0 Å². The third kappa shape index (κ3) is 3.51. The molecule has 0 amide bonds. The molecule has 0 spiro atoms. The molecule has 2 nitrogen and oxygen atoms in total. The molecule has 0 saturated heterocycles. The summed E-state index contributed by atoms with van der Waals surface area (Å²) in [7, 11) is 3.97. The molecule has 2 aromatic carbocycles. The fraction of sp³-hybridized carbons (Fsp3) is 0.200. The van der Waals surface area contributed by atoms with Crippen LogP contribution >= 0.6 is 34.8 Å². The second-order valence-corrected chi connectivity index (χ2v) is 5.86. The largest absolute Gasteiger partial charge is 0.379 e. The zero-order valence-electron chi connectivity index (χ0n) is 11.3. The van der Waals surface area contributed by atoms with Crippen LogP contribution in [0.1, 0.15) is 5.56 Å². The van der Waals surface area contributed by atoms with Crippen molar-refractivity contribution in [3.63, 3.8) is 0 Å². The topological polar surface area (TPSA) is 15.3 Å². The summed E-state index contributed by atoms with van der Waals surface area (Å²) in [5.41, 5.74) is 2.87. The molecule has 0 aliphatic carbocycles. The molecule has 0 saturated carbocycles. The first-order valence-electron chi connectivity index (χ1n) is 6.12. The Labute approximate surface area is 134 Å². The summed E-state index contributed by atoms with van der Waals surface area (Å²) >= 11 is 18.4. The van der Waals surface area contributed by atoms with E-state index in [0.29, 0.717) is 21.6 Å². The number of nitrogens with zero attached hydrogens (tertiary/aromatic N) is 1. The predicted molar refractivity (Wildman–Crippen MR) is 89.6 cm³/mol. The predicted octanol–water partition coefficient (Wildman–Crippen LogP) is 5.32. The Morgan fingerprint density at radius 3 is 2.25 bits per heavy atom. The minimum absolute atomic E-state index is 0.541. The summed E-state index contributed by atoms with van der Waals surface area (Å²) in [6.07, 6.45) is 0. The van der Waals surface area contributed by atoms with Gasteiger partial charge in [0.25, 0.3) is 0 Å². The monoisotopic (exact) mass is 328 g/mol. The van der Waals surface area contributed by atoms with Crippen molar-refractivity contribution in [2.24, 2.45) is 0 Å². The van der Waals surface area contributed by atoms with Crippen LogP contribution in [0.25, 0.3) is 0 Å². The second kappa shape index (κ2) is 6.57. The number of benzene rings is 2. The van der Waals surface area contributed by atoms with E-state index in [1.165, 1.54) is 0 Å². The smallest absolute Gasteiger partial charge is 0.0597 e. The molecule has 0 aliphatic rings. The first-order chi connectivity index (χ1) is 9.49. The lowest BCUT2D eigenvalue weighted by Crippen LogP contribution is -2.12. The lowest BCUT2D eigenvalue weighted by molar-refractivity contribution is 1.10. The zero-order valence-corrected chi connectivity index (χ0v) is 13.5. The fourth-order valence-corrected chi connectivity index (χ4v) is 2.63. The van der Waals surface area contributed by atoms with E-state index in [2.05, 4.69) is 5.32 Å². The van der Waals surface area contributed by atoms with Crippen LogP contribution in [-0.4, -0.2) is 14.1 Å². The normalized spacial score (nSPS) is 10.4. The molecule has 1 N–H and O–H groups in total. The van der Waals surface area contributed by atoms with Crippen molar-refractivity contribution >= 4 is 46.2 Å². The van der Waals surface area contributed by atoms with Crippen LogP contribution in [0.15, 0.2) is 36.4 Å². The van der Waals surface area contributed by atoms with Gasteiger partial charge in [0, 0.05) is 41.3 Å². The van der Waals surface area contributed by atoms with Gasteiger partial charge in [-0.15, -0.1) is 0 Å². The SMILES string of the molecule is CN(C)c1ccc(Cl)cc1NCc1c(Cl)cccc1Cl. The highest BCUT2D eigenvalue weighted by Gasteiger charge is 2.08. The van der Waals surface area contributed by atoms with E-state index in [0.717, 1.165) is 16.9 Å². The minimum Gasteiger partial charge on any atom is -0.379 e. The number of halogens is 3. The van der Waals surface area contributed by atoms with E-state index in [4.69, 9.17) is 34.8 Å². The molecule has 0 aliphatic heterocycles. The van der Waals surface area contributed by atoms with Gasteiger partial charge >= 0.3 is 0 Å². The van der Waals surface area contributed by atoms with Gasteiger partial charge in [-0.05, 0) is 30.3 Å². The Morgan fingerprint density at radius 2 is 1.65 bits per heavy atom. The van der Waals surface area contributed by atoms with Gasteiger partial charge < -0.3 is 10.2 Å². The van der Waals surface area contributed by atoms with Crippen LogP contribution in [0.5, 0.6) is 0 Å². The molecule has 2 rings (SSSR count). The number of anilines is 2. The summed E-state index contributed by atoms with van der Waals surface area (Å²) in [4.78, 5) is 2.02. The molecule has 0 atom stereocenters. The maximum atomic E-state index is 6.17. The molecule has 106 valence electrons. The standard InChI is InChI=1S/C15H15Cl3N2/c1-20(2)15-7-6-10(16)8-14(15)19-9-11-12(17)4-3-5-13(11)18/h3-8,19H,9H2,1-2H3. The van der Waals surface area contributed by atoms with Gasteiger partial charge in [0.15, 0.2) is 0 Å². The van der Waals surface area contributed by atoms with Crippen molar-refractivity contribution in [1.82, 2.24) is 0 Å². The lowest BCUT2D eigenvalue weighted by Gasteiger charge is -2.19. The first kappa shape index (κ1) is 15.3. The van der Waals surface area contributed by atoms with Crippen LogP contribution in [0.4, 0.5) is 11.4 Å². The van der Waals surface area contributed by atoms with Gasteiger partial charge in [-0.25, -0.2) is 0 Å². The Morgan fingerprint density at radius 1 is 1.00 bits per heavy atom. The van der Waals surface area contributed by atoms with Crippen LogP contribution in [0.2, 0.25) is 15.1 Å². The third-order valence-corrected chi connectivity index (χ3v) is 3.90. The number of nitrogens with one attached hydrogen (secondary N) is 1. The highest BCUT2D eigenvalue weighted by molar-refractivity contribution is 6.36. The van der Waals surface area contributed by atoms with Crippen LogP contribution in [0, 0.1) is 0 Å². The second-order valence-electron chi connectivity index (χ2n) is 4.61. The lowest BCUT2D eigenvalue weighted by atomic mass is 10.2. The summed E-state index contributed by atoms with van der Waals surface area (Å²) in [5.74, 6) is 0. The van der Waals surface area contributed by atoms with Crippen LogP contribution < -0.4 is 10.2 Å². The molecule has 0 bridgehead atoms. The summed E-state index contributed by atoms with van der Waals surface area (Å²) in [6, 6.07) is 11.2. The van der Waals surface area contributed by atoms with Crippen LogP contribution in [0.3, 0.4) is 0 Å². The molecule has 20 heavy (non-hydrogen) atoms. The Kier molecular flexibility index (Phi) is 5.03. The molecular formula is C15H15Cl3N2.